The van der Waals surface area contributed by atoms with Crippen LogP contribution < -0.4 is 5.73 Å². The fraction of sp³-hybridized carbons (Fsp3) is 0.500. The molecule has 5 N–H and O–H groups in total. The second kappa shape index (κ2) is 4.79. The molecule has 1 fully saturated rings. The third kappa shape index (κ3) is 1.91. The first-order chi connectivity index (χ1) is 9.52. The van der Waals surface area contributed by atoms with Gasteiger partial charge in [0.05, 0.1) is 12.9 Å². The molecule has 20 heavy (non-hydrogen) atoms. The van der Waals surface area contributed by atoms with Gasteiger partial charge in [-0.15, -0.1) is 0 Å². The van der Waals surface area contributed by atoms with Gasteiger partial charge in [-0.1, -0.05) is 0 Å². The topological polar surface area (TPSA) is 140 Å². The molecule has 1 saturated heterocycles. The van der Waals surface area contributed by atoms with E-state index >= 15 is 0 Å². The maximum absolute atomic E-state index is 9.99. The molecule has 3 rings (SSSR count). The molecule has 108 valence electrons. The number of nitrogen functional groups attached to an aromatic ring is 1. The summed E-state index contributed by atoms with van der Waals surface area (Å²) in [5.41, 5.74) is 6.27. The van der Waals surface area contributed by atoms with E-state index in [2.05, 4.69) is 15.0 Å². The van der Waals surface area contributed by atoms with E-state index in [4.69, 9.17) is 27.2 Å². The van der Waals surface area contributed by atoms with Crippen LogP contribution in [-0.4, -0.2) is 59.8 Å². The van der Waals surface area contributed by atoms with Crippen LogP contribution in [0.1, 0.15) is 6.23 Å². The van der Waals surface area contributed by atoms with Crippen LogP contribution in [0.3, 0.4) is 0 Å². The molecule has 0 saturated carbocycles. The summed E-state index contributed by atoms with van der Waals surface area (Å²) >= 11 is 5.74. The lowest BCUT2D eigenvalue weighted by molar-refractivity contribution is -0.0511. The Morgan fingerprint density at radius 1 is 1.35 bits per heavy atom. The average Bonchev–Trinajstić information content (AvgIpc) is 2.93. The van der Waals surface area contributed by atoms with E-state index in [1.807, 2.05) is 0 Å². The van der Waals surface area contributed by atoms with Gasteiger partial charge < -0.3 is 25.8 Å². The number of imidazole rings is 1. The monoisotopic (exact) mass is 301 g/mol. The first-order valence-corrected chi connectivity index (χ1v) is 6.18. The lowest BCUT2D eigenvalue weighted by Gasteiger charge is -2.16. The molecule has 3 heterocycles. The van der Waals surface area contributed by atoms with Crippen molar-refractivity contribution < 1.29 is 20.1 Å². The average molecular weight is 302 g/mol. The predicted octanol–water partition coefficient (Wildman–Crippen LogP) is -1.33. The molecule has 0 amide bonds. The largest absolute Gasteiger partial charge is 0.394 e. The molecule has 1 aliphatic rings. The molecular weight excluding hydrogens is 290 g/mol. The summed E-state index contributed by atoms with van der Waals surface area (Å²) in [5, 5.41) is 28.8. The Balaban J connectivity index is 2.07. The molecule has 0 aliphatic carbocycles. The van der Waals surface area contributed by atoms with Crippen LogP contribution in [0.15, 0.2) is 6.33 Å². The fourth-order valence-electron chi connectivity index (χ4n) is 2.21. The SMILES string of the molecule is Nc1nc(Cl)nc2c1ncn2[C@H]1O[C@@H](CO)C(O)C1O. The summed E-state index contributed by atoms with van der Waals surface area (Å²) in [7, 11) is 0. The normalized spacial score (nSPS) is 30.2. The third-order valence-corrected chi connectivity index (χ3v) is 3.38. The number of aliphatic hydroxyl groups is 3. The molecule has 1 aliphatic heterocycles. The van der Waals surface area contributed by atoms with Gasteiger partial charge in [-0.25, -0.2) is 4.98 Å². The molecule has 0 spiro atoms. The van der Waals surface area contributed by atoms with Gasteiger partial charge in [0.2, 0.25) is 5.28 Å². The van der Waals surface area contributed by atoms with Crippen molar-refractivity contribution in [3.63, 3.8) is 0 Å². The smallest absolute Gasteiger partial charge is 0.226 e. The van der Waals surface area contributed by atoms with Crippen molar-refractivity contribution in [3.8, 4) is 0 Å². The minimum atomic E-state index is -1.24. The Labute approximate surface area is 117 Å². The summed E-state index contributed by atoms with van der Waals surface area (Å²) in [6.07, 6.45) is -2.93. The fourth-order valence-corrected chi connectivity index (χ4v) is 2.38. The second-order valence-corrected chi connectivity index (χ2v) is 4.77. The number of nitrogens with two attached hydrogens (primary N) is 1. The molecule has 0 aromatic carbocycles. The molecule has 2 unspecified atom stereocenters. The quantitative estimate of drug-likeness (QED) is 0.500. The summed E-state index contributed by atoms with van der Waals surface area (Å²) in [6, 6.07) is 0. The highest BCUT2D eigenvalue weighted by Gasteiger charge is 2.44. The number of ether oxygens (including phenoxy) is 1. The molecular formula is C10H12ClN5O4. The zero-order valence-electron chi connectivity index (χ0n) is 10.1. The van der Waals surface area contributed by atoms with Gasteiger partial charge in [0.15, 0.2) is 17.7 Å². The van der Waals surface area contributed by atoms with Gasteiger partial charge in [-0.3, -0.25) is 4.57 Å². The molecule has 2 aromatic rings. The van der Waals surface area contributed by atoms with E-state index in [0.29, 0.717) is 5.52 Å². The standard InChI is InChI=1S/C10H12ClN5O4/c11-10-14-7(12)4-8(15-10)16(2-13-4)9-6(19)5(18)3(1-17)20-9/h2-3,5-6,9,17-19H,1H2,(H2,12,14,15)/t3-,5?,6?,9-/m0/s1. The van der Waals surface area contributed by atoms with E-state index in [1.165, 1.54) is 10.9 Å². The zero-order valence-corrected chi connectivity index (χ0v) is 10.8. The molecule has 10 heteroatoms. The highest BCUT2D eigenvalue weighted by atomic mass is 35.5. The Kier molecular flexibility index (Phi) is 3.22. The van der Waals surface area contributed by atoms with Gasteiger partial charge in [-0.2, -0.15) is 9.97 Å². The van der Waals surface area contributed by atoms with Crippen molar-refractivity contribution in [1.29, 1.82) is 0 Å². The number of aliphatic hydroxyl groups excluding tert-OH is 3. The Hall–Kier alpha value is -1.52. The van der Waals surface area contributed by atoms with Crippen LogP contribution >= 0.6 is 11.6 Å². The van der Waals surface area contributed by atoms with Gasteiger partial charge >= 0.3 is 0 Å². The maximum atomic E-state index is 9.99. The zero-order chi connectivity index (χ0) is 14.4. The van der Waals surface area contributed by atoms with E-state index < -0.39 is 31.1 Å². The van der Waals surface area contributed by atoms with Crippen LogP contribution in [0, 0.1) is 0 Å². The van der Waals surface area contributed by atoms with Crippen molar-refractivity contribution in [2.45, 2.75) is 24.5 Å². The van der Waals surface area contributed by atoms with E-state index in [-0.39, 0.29) is 16.7 Å². The molecule has 2 aromatic heterocycles. The van der Waals surface area contributed by atoms with Crippen LogP contribution in [0.25, 0.3) is 11.2 Å². The minimum absolute atomic E-state index is 0.0662. The lowest BCUT2D eigenvalue weighted by Crippen LogP contribution is -2.33. The first-order valence-electron chi connectivity index (χ1n) is 5.81. The predicted molar refractivity (Wildman–Crippen MR) is 67.8 cm³/mol. The number of hydrogen-bond acceptors (Lipinski definition) is 8. The summed E-state index contributed by atoms with van der Waals surface area (Å²) in [5.74, 6) is 0.102. The van der Waals surface area contributed by atoms with Crippen molar-refractivity contribution >= 4 is 28.6 Å². The second-order valence-electron chi connectivity index (χ2n) is 4.43. The van der Waals surface area contributed by atoms with E-state index in [0.717, 1.165) is 0 Å². The lowest BCUT2D eigenvalue weighted by atomic mass is 10.1. The van der Waals surface area contributed by atoms with Crippen molar-refractivity contribution in [2.75, 3.05) is 12.3 Å². The minimum Gasteiger partial charge on any atom is -0.394 e. The first kappa shape index (κ1) is 13.5. The van der Waals surface area contributed by atoms with Crippen LogP contribution in [0.2, 0.25) is 5.28 Å². The maximum Gasteiger partial charge on any atom is 0.226 e. The number of anilines is 1. The van der Waals surface area contributed by atoms with Crippen LogP contribution in [-0.2, 0) is 4.74 Å². The summed E-state index contributed by atoms with van der Waals surface area (Å²) in [6.45, 7) is -0.417. The van der Waals surface area contributed by atoms with Gasteiger partial charge in [0.1, 0.15) is 23.8 Å². The number of rotatable bonds is 2. The van der Waals surface area contributed by atoms with Gasteiger partial charge in [0.25, 0.3) is 0 Å². The number of aromatic nitrogens is 4. The third-order valence-electron chi connectivity index (χ3n) is 3.21. The van der Waals surface area contributed by atoms with Gasteiger partial charge in [0, 0.05) is 0 Å². The number of hydrogen-bond donors (Lipinski definition) is 4. The molecule has 4 atom stereocenters. The van der Waals surface area contributed by atoms with E-state index in [1.54, 1.807) is 0 Å². The summed E-state index contributed by atoms with van der Waals surface area (Å²) in [4.78, 5) is 11.8. The highest BCUT2D eigenvalue weighted by molar-refractivity contribution is 6.28. The number of fused-ring (bicyclic) bond motifs is 1. The molecule has 0 bridgehead atoms. The van der Waals surface area contributed by atoms with Gasteiger partial charge in [-0.05, 0) is 11.6 Å². The molecule has 0 radical (unpaired) electrons. The Morgan fingerprint density at radius 3 is 2.75 bits per heavy atom. The highest BCUT2D eigenvalue weighted by Crippen LogP contribution is 2.32. The number of halogens is 1. The van der Waals surface area contributed by atoms with Crippen molar-refractivity contribution in [2.24, 2.45) is 0 Å². The Bertz CT molecular complexity index is 650. The van der Waals surface area contributed by atoms with Crippen LogP contribution in [0.4, 0.5) is 5.82 Å². The summed E-state index contributed by atoms with van der Waals surface area (Å²) < 4.78 is 6.79. The van der Waals surface area contributed by atoms with Crippen molar-refractivity contribution in [3.05, 3.63) is 11.6 Å². The van der Waals surface area contributed by atoms with Crippen molar-refractivity contribution in [1.82, 2.24) is 19.5 Å². The number of nitrogens with zero attached hydrogens (tertiary/aromatic N) is 4. The van der Waals surface area contributed by atoms with Crippen LogP contribution in [0.5, 0.6) is 0 Å². The van der Waals surface area contributed by atoms with E-state index in [9.17, 15) is 10.2 Å². The molecule has 9 nitrogen and oxygen atoms in total. The Morgan fingerprint density at radius 2 is 2.10 bits per heavy atom.